The fourth-order valence-corrected chi connectivity index (χ4v) is 1.14. The van der Waals surface area contributed by atoms with E-state index in [1.807, 2.05) is 0 Å². The molecule has 6 nitrogen and oxygen atoms in total. The van der Waals surface area contributed by atoms with Gasteiger partial charge in [0.25, 0.3) is 12.1 Å². The molecule has 84 valence electrons. The zero-order valence-electron chi connectivity index (χ0n) is 7.02. The molecule has 1 heterocycles. The Morgan fingerprint density at radius 1 is 1.73 bits per heavy atom. The van der Waals surface area contributed by atoms with Gasteiger partial charge in [-0.25, -0.2) is 4.39 Å². The van der Waals surface area contributed by atoms with Gasteiger partial charge in [0.15, 0.2) is 5.13 Å². The second kappa shape index (κ2) is 6.49. The number of halogens is 3. The Morgan fingerprint density at radius 2 is 2.40 bits per heavy atom. The van der Waals surface area contributed by atoms with Crippen LogP contribution in [0.5, 0.6) is 0 Å². The lowest BCUT2D eigenvalue weighted by molar-refractivity contribution is -0.106. The number of anilines is 1. The molecule has 0 aliphatic carbocycles. The first-order valence-corrected chi connectivity index (χ1v) is 4.35. The van der Waals surface area contributed by atoms with Crippen molar-refractivity contribution in [1.29, 1.82) is 0 Å². The Labute approximate surface area is 98.8 Å². The number of hydrogen-bond acceptors (Lipinski definition) is 7. The maximum absolute atomic E-state index is 11.6. The molecule has 0 aliphatic heterocycles. The largest absolute Gasteiger partial charge is 0.374 e. The highest BCUT2D eigenvalue weighted by molar-refractivity contribution is 7.09. The third-order valence-electron chi connectivity index (χ3n) is 1.04. The molecule has 1 aromatic rings. The quantitative estimate of drug-likeness (QED) is 0.502. The minimum absolute atomic E-state index is 0. The van der Waals surface area contributed by atoms with Crippen LogP contribution in [0.3, 0.4) is 0 Å². The van der Waals surface area contributed by atoms with Crippen molar-refractivity contribution in [2.75, 3.05) is 12.6 Å². The van der Waals surface area contributed by atoms with Gasteiger partial charge in [0.2, 0.25) is 11.5 Å². The number of nitrogens with zero attached hydrogens (tertiary/aromatic N) is 3. The third-order valence-corrected chi connectivity index (χ3v) is 1.77. The fourth-order valence-electron chi connectivity index (χ4n) is 0.585. The van der Waals surface area contributed by atoms with Crippen LogP contribution in [0.25, 0.3) is 0 Å². The normalized spacial score (nSPS) is 10.7. The number of nitrogen functional groups attached to an aromatic ring is 1. The minimum Gasteiger partial charge on any atom is -0.374 e. The predicted octanol–water partition coefficient (Wildman–Crippen LogP) is 0.955. The molecular formula is C5H5Cl2FN4O2S. The number of hydrogen-bond donors (Lipinski definition) is 1. The molecule has 0 amide bonds. The summed E-state index contributed by atoms with van der Waals surface area (Å²) in [5.74, 6) is -0.0825. The van der Waals surface area contributed by atoms with Crippen molar-refractivity contribution >= 4 is 51.6 Å². The highest BCUT2D eigenvalue weighted by Gasteiger charge is 2.17. The van der Waals surface area contributed by atoms with Crippen LogP contribution in [0.4, 0.5) is 9.52 Å². The van der Waals surface area contributed by atoms with Crippen LogP contribution in [-0.4, -0.2) is 27.2 Å². The number of carbonyl (C=O) groups is 1. The van der Waals surface area contributed by atoms with Crippen LogP contribution >= 0.6 is 35.5 Å². The second-order valence-electron chi connectivity index (χ2n) is 1.91. The van der Waals surface area contributed by atoms with Gasteiger partial charge >= 0.3 is 0 Å². The number of oxime groups is 1. The van der Waals surface area contributed by atoms with E-state index in [0.29, 0.717) is 0 Å². The lowest BCUT2D eigenvalue weighted by Crippen LogP contribution is -2.12. The lowest BCUT2D eigenvalue weighted by atomic mass is 10.4. The molecule has 1 rings (SSSR count). The number of alkyl halides is 1. The molecule has 0 saturated heterocycles. The summed E-state index contributed by atoms with van der Waals surface area (Å²) in [6, 6.07) is 0. The van der Waals surface area contributed by atoms with Crippen molar-refractivity contribution in [1.82, 2.24) is 9.36 Å². The summed E-state index contributed by atoms with van der Waals surface area (Å²) in [4.78, 5) is 18.4. The van der Waals surface area contributed by atoms with E-state index in [-0.39, 0.29) is 29.1 Å². The fraction of sp³-hybridized carbons (Fsp3) is 0.200. The SMILES string of the molecule is Cl.Nc1nc(C(=NOCF)C(=O)Cl)ns1. The van der Waals surface area contributed by atoms with Gasteiger partial charge in [-0.05, 0) is 11.6 Å². The van der Waals surface area contributed by atoms with E-state index >= 15 is 0 Å². The standard InChI is InChI=1S/C5H4ClFN4O2S.ClH/c6-3(12)2(10-13-1-7)4-9-5(8)14-11-4;/h1H2,(H2,8,9,11);1H. The predicted molar refractivity (Wildman–Crippen MR) is 56.0 cm³/mol. The minimum atomic E-state index is -1.17. The topological polar surface area (TPSA) is 90.5 Å². The van der Waals surface area contributed by atoms with E-state index in [4.69, 9.17) is 17.3 Å². The average molecular weight is 275 g/mol. The van der Waals surface area contributed by atoms with Gasteiger partial charge in [-0.3, -0.25) is 4.79 Å². The Bertz CT molecular complexity index is 372. The van der Waals surface area contributed by atoms with E-state index < -0.39 is 12.1 Å². The molecule has 0 spiro atoms. The van der Waals surface area contributed by atoms with Gasteiger partial charge in [0.05, 0.1) is 0 Å². The van der Waals surface area contributed by atoms with Crippen LogP contribution in [0.15, 0.2) is 5.16 Å². The molecule has 2 N–H and O–H groups in total. The number of carbonyl (C=O) groups excluding carboxylic acids is 1. The molecule has 0 saturated carbocycles. The van der Waals surface area contributed by atoms with Gasteiger partial charge in [-0.1, -0.05) is 5.16 Å². The number of rotatable bonds is 4. The molecule has 0 aromatic carbocycles. The molecule has 0 radical (unpaired) electrons. The first kappa shape index (κ1) is 14.0. The zero-order valence-corrected chi connectivity index (χ0v) is 9.40. The monoisotopic (exact) mass is 274 g/mol. The van der Waals surface area contributed by atoms with Crippen molar-refractivity contribution in [3.63, 3.8) is 0 Å². The molecule has 15 heavy (non-hydrogen) atoms. The van der Waals surface area contributed by atoms with Gasteiger partial charge in [0, 0.05) is 11.5 Å². The first-order chi connectivity index (χ1) is 6.65. The van der Waals surface area contributed by atoms with Crippen molar-refractivity contribution in [2.45, 2.75) is 0 Å². The van der Waals surface area contributed by atoms with Gasteiger partial charge < -0.3 is 10.6 Å². The van der Waals surface area contributed by atoms with Crippen LogP contribution in [-0.2, 0) is 9.63 Å². The smallest absolute Gasteiger partial charge is 0.278 e. The maximum Gasteiger partial charge on any atom is 0.278 e. The summed E-state index contributed by atoms with van der Waals surface area (Å²) in [6.45, 7) is -1.17. The summed E-state index contributed by atoms with van der Waals surface area (Å²) in [5.41, 5.74) is 4.89. The summed E-state index contributed by atoms with van der Waals surface area (Å²) in [6.07, 6.45) is 0. The van der Waals surface area contributed by atoms with E-state index in [1.165, 1.54) is 0 Å². The highest BCUT2D eigenvalue weighted by atomic mass is 35.5. The summed E-state index contributed by atoms with van der Waals surface area (Å²) < 4.78 is 15.2. The van der Waals surface area contributed by atoms with Gasteiger partial charge in [-0.15, -0.1) is 12.4 Å². The van der Waals surface area contributed by atoms with E-state index in [9.17, 15) is 9.18 Å². The Balaban J connectivity index is 0.00000196. The van der Waals surface area contributed by atoms with Gasteiger partial charge in [-0.2, -0.15) is 9.36 Å². The Hall–Kier alpha value is -0.990. The zero-order chi connectivity index (χ0) is 10.6. The molecular weight excluding hydrogens is 270 g/mol. The molecule has 1 aromatic heterocycles. The Morgan fingerprint density at radius 3 is 2.80 bits per heavy atom. The molecule has 0 unspecified atom stereocenters. The van der Waals surface area contributed by atoms with E-state index in [1.54, 1.807) is 0 Å². The first-order valence-electron chi connectivity index (χ1n) is 3.20. The van der Waals surface area contributed by atoms with Crippen LogP contribution in [0.2, 0.25) is 0 Å². The lowest BCUT2D eigenvalue weighted by Gasteiger charge is -1.93. The average Bonchev–Trinajstić information content (AvgIpc) is 2.52. The number of nitrogens with two attached hydrogens (primary N) is 1. The Kier molecular flexibility index (Phi) is 6.06. The molecule has 0 bridgehead atoms. The third kappa shape index (κ3) is 3.94. The molecule has 0 fully saturated rings. The van der Waals surface area contributed by atoms with Crippen LogP contribution in [0, 0.1) is 0 Å². The van der Waals surface area contributed by atoms with Gasteiger partial charge in [0.1, 0.15) is 0 Å². The van der Waals surface area contributed by atoms with E-state index in [0.717, 1.165) is 11.5 Å². The van der Waals surface area contributed by atoms with Crippen LogP contribution < -0.4 is 5.73 Å². The molecule has 0 atom stereocenters. The highest BCUT2D eigenvalue weighted by Crippen LogP contribution is 2.08. The molecule has 0 aliphatic rings. The van der Waals surface area contributed by atoms with Crippen molar-refractivity contribution in [3.8, 4) is 0 Å². The number of aromatic nitrogens is 2. The van der Waals surface area contributed by atoms with E-state index in [2.05, 4.69) is 19.4 Å². The summed E-state index contributed by atoms with van der Waals surface area (Å²) >= 11 is 5.99. The summed E-state index contributed by atoms with van der Waals surface area (Å²) in [5, 5.41) is 2.31. The van der Waals surface area contributed by atoms with Crippen molar-refractivity contribution < 1.29 is 14.0 Å². The maximum atomic E-state index is 11.6. The van der Waals surface area contributed by atoms with Crippen molar-refractivity contribution in [3.05, 3.63) is 5.82 Å². The second-order valence-corrected chi connectivity index (χ2v) is 3.03. The summed E-state index contributed by atoms with van der Waals surface area (Å²) in [7, 11) is 0. The van der Waals surface area contributed by atoms with Crippen molar-refractivity contribution in [2.24, 2.45) is 5.16 Å². The van der Waals surface area contributed by atoms with Crippen LogP contribution in [0.1, 0.15) is 5.82 Å². The molecule has 10 heteroatoms.